The van der Waals surface area contributed by atoms with Gasteiger partial charge in [-0.25, -0.2) is 4.79 Å². The van der Waals surface area contributed by atoms with Gasteiger partial charge in [0.1, 0.15) is 12.4 Å². The smallest absolute Gasteiger partial charge is 0.319 e. The molecule has 4 N–H and O–H groups in total. The Morgan fingerprint density at radius 1 is 1.16 bits per heavy atom. The number of benzene rings is 2. The minimum Gasteiger partial charge on any atom is -0.492 e. The molecule has 1 aliphatic heterocycles. The predicted molar refractivity (Wildman–Crippen MR) is 151 cm³/mol. The number of nitrogens with zero attached hydrogens (tertiary/aromatic N) is 3. The van der Waals surface area contributed by atoms with Crippen molar-refractivity contribution in [2.24, 2.45) is 5.10 Å². The van der Waals surface area contributed by atoms with Crippen molar-refractivity contribution in [3.63, 3.8) is 0 Å². The normalized spacial score (nSPS) is 15.6. The summed E-state index contributed by atoms with van der Waals surface area (Å²) in [6.07, 6.45) is 11.6. The number of carbonyl (C=O) groups is 1. The maximum absolute atomic E-state index is 12.1. The molecule has 0 atom stereocenters. The van der Waals surface area contributed by atoms with Crippen molar-refractivity contribution in [2.45, 2.75) is 58.0 Å². The van der Waals surface area contributed by atoms with Gasteiger partial charge in [-0.05, 0) is 76.3 Å². The molecule has 1 aliphatic carbocycles. The molecule has 0 radical (unpaired) electrons. The Morgan fingerprint density at radius 3 is 2.70 bits per heavy atom. The van der Waals surface area contributed by atoms with E-state index in [2.05, 4.69) is 38.5 Å². The molecule has 2 aliphatic rings. The third kappa shape index (κ3) is 5.58. The standard InChI is InChI=1S/C29H36N6O2/c1-20(2)32-29(36)33-22-11-9-21(10-12-22)28-27(30)25-19-24(13-14-26(25)35(28)23-7-6-8-23)37-18-17-34-16-5-3-4-15-31-34/h5,9-16,19-20,23H,3-4,6-8,17-18,30H2,1-2H3,(H2,32,33,36). The van der Waals surface area contributed by atoms with Crippen molar-refractivity contribution >= 4 is 34.5 Å². The molecule has 37 heavy (non-hydrogen) atoms. The van der Waals surface area contributed by atoms with Gasteiger partial charge in [-0.2, -0.15) is 5.10 Å². The number of nitrogens with one attached hydrogen (secondary N) is 2. The van der Waals surface area contributed by atoms with Crippen molar-refractivity contribution in [3.8, 4) is 17.0 Å². The number of carbonyl (C=O) groups excluding carboxylic acids is 1. The van der Waals surface area contributed by atoms with Crippen molar-refractivity contribution in [3.05, 3.63) is 54.7 Å². The number of ether oxygens (including phenoxy) is 1. The summed E-state index contributed by atoms with van der Waals surface area (Å²) in [5.74, 6) is 0.801. The van der Waals surface area contributed by atoms with Crippen LogP contribution >= 0.6 is 0 Å². The molecule has 5 rings (SSSR count). The summed E-state index contributed by atoms with van der Waals surface area (Å²) >= 11 is 0. The lowest BCUT2D eigenvalue weighted by atomic mass is 9.92. The van der Waals surface area contributed by atoms with Gasteiger partial charge in [0.15, 0.2) is 0 Å². The number of anilines is 2. The Kier molecular flexibility index (Phi) is 7.35. The summed E-state index contributed by atoms with van der Waals surface area (Å²) in [5, 5.41) is 13.1. The van der Waals surface area contributed by atoms with Gasteiger partial charge < -0.3 is 25.7 Å². The molecular weight excluding hydrogens is 464 g/mol. The van der Waals surface area contributed by atoms with Crippen LogP contribution in [0.2, 0.25) is 0 Å². The van der Waals surface area contributed by atoms with Crippen LogP contribution in [0, 0.1) is 0 Å². The second-order valence-corrected chi connectivity index (χ2v) is 10.00. The number of hydrogen-bond donors (Lipinski definition) is 3. The minimum atomic E-state index is -0.211. The number of amides is 2. The van der Waals surface area contributed by atoms with E-state index in [0.717, 1.165) is 65.0 Å². The van der Waals surface area contributed by atoms with Crippen LogP contribution in [0.15, 0.2) is 59.8 Å². The number of hydrogen-bond acceptors (Lipinski definition) is 5. The zero-order valence-corrected chi connectivity index (χ0v) is 21.6. The van der Waals surface area contributed by atoms with Crippen molar-refractivity contribution in [1.29, 1.82) is 0 Å². The average molecular weight is 501 g/mol. The van der Waals surface area contributed by atoms with Gasteiger partial charge >= 0.3 is 6.03 Å². The largest absolute Gasteiger partial charge is 0.492 e. The van der Waals surface area contributed by atoms with Gasteiger partial charge in [0.2, 0.25) is 0 Å². The molecular formula is C29H36N6O2. The predicted octanol–water partition coefficient (Wildman–Crippen LogP) is 6.12. The first-order valence-corrected chi connectivity index (χ1v) is 13.2. The highest BCUT2D eigenvalue weighted by Crippen LogP contribution is 2.44. The van der Waals surface area contributed by atoms with Gasteiger partial charge in [0, 0.05) is 41.1 Å². The first-order valence-electron chi connectivity index (χ1n) is 13.2. The van der Waals surface area contributed by atoms with Crippen molar-refractivity contribution in [2.75, 3.05) is 24.2 Å². The summed E-state index contributed by atoms with van der Waals surface area (Å²) in [6, 6.07) is 14.4. The SMILES string of the molecule is CC(C)NC(=O)Nc1ccc(-c2c(N)c3cc(OCCN4C=CCCC=N4)ccc3n2C2CCC2)cc1. The van der Waals surface area contributed by atoms with Crippen LogP contribution in [0.4, 0.5) is 16.2 Å². The highest BCUT2D eigenvalue weighted by atomic mass is 16.5. The number of hydrazone groups is 1. The fourth-order valence-electron chi connectivity index (χ4n) is 4.83. The Hall–Kier alpha value is -3.94. The molecule has 8 heteroatoms. The maximum Gasteiger partial charge on any atom is 0.319 e. The lowest BCUT2D eigenvalue weighted by Gasteiger charge is -2.30. The lowest BCUT2D eigenvalue weighted by molar-refractivity contribution is 0.250. The molecule has 8 nitrogen and oxygen atoms in total. The number of nitrogens with two attached hydrogens (primary N) is 1. The van der Waals surface area contributed by atoms with Crippen LogP contribution < -0.4 is 21.1 Å². The summed E-state index contributed by atoms with van der Waals surface area (Å²) in [6.45, 7) is 5.08. The summed E-state index contributed by atoms with van der Waals surface area (Å²) in [7, 11) is 0. The molecule has 1 fully saturated rings. The van der Waals surface area contributed by atoms with Gasteiger partial charge in [0.05, 0.1) is 23.4 Å². The molecule has 0 saturated heterocycles. The molecule has 3 aromatic rings. The minimum absolute atomic E-state index is 0.0748. The van der Waals surface area contributed by atoms with E-state index in [4.69, 9.17) is 10.5 Å². The zero-order chi connectivity index (χ0) is 25.8. The molecule has 0 unspecified atom stereocenters. The quantitative estimate of drug-likeness (QED) is 0.347. The van der Waals surface area contributed by atoms with Gasteiger partial charge in [-0.3, -0.25) is 5.01 Å². The van der Waals surface area contributed by atoms with E-state index in [1.54, 1.807) is 0 Å². The summed E-state index contributed by atoms with van der Waals surface area (Å²) in [5.41, 5.74) is 11.5. The number of rotatable bonds is 8. The Bertz CT molecular complexity index is 1290. The van der Waals surface area contributed by atoms with Gasteiger partial charge in [0.25, 0.3) is 0 Å². The summed E-state index contributed by atoms with van der Waals surface area (Å²) in [4.78, 5) is 12.1. The monoisotopic (exact) mass is 500 g/mol. The number of aromatic nitrogens is 1. The van der Waals surface area contributed by atoms with Crippen LogP contribution in [0.1, 0.15) is 52.0 Å². The molecule has 194 valence electrons. The number of nitrogen functional groups attached to an aromatic ring is 1. The second kappa shape index (κ2) is 11.0. The molecule has 1 aromatic heterocycles. The van der Waals surface area contributed by atoms with Crippen LogP contribution in [-0.4, -0.2) is 41.0 Å². The fraction of sp³-hybridized carbons (Fsp3) is 0.379. The van der Waals surface area contributed by atoms with Crippen LogP contribution in [0.3, 0.4) is 0 Å². The van der Waals surface area contributed by atoms with E-state index in [-0.39, 0.29) is 12.1 Å². The van der Waals surface area contributed by atoms with Gasteiger partial charge in [-0.15, -0.1) is 0 Å². The fourth-order valence-corrected chi connectivity index (χ4v) is 4.83. The molecule has 0 bridgehead atoms. The van der Waals surface area contributed by atoms with E-state index >= 15 is 0 Å². The van der Waals surface area contributed by atoms with Crippen molar-refractivity contribution in [1.82, 2.24) is 14.9 Å². The Balaban J connectivity index is 1.38. The average Bonchev–Trinajstić information content (AvgIpc) is 2.99. The van der Waals surface area contributed by atoms with E-state index in [1.807, 2.05) is 61.6 Å². The van der Waals surface area contributed by atoms with Crippen LogP contribution in [0.25, 0.3) is 22.2 Å². The first kappa shape index (κ1) is 24.7. The number of fused-ring (bicyclic) bond motifs is 1. The van der Waals surface area contributed by atoms with E-state index in [0.29, 0.717) is 19.2 Å². The Labute approximate surface area is 218 Å². The second-order valence-electron chi connectivity index (χ2n) is 10.00. The third-order valence-corrected chi connectivity index (χ3v) is 6.85. The highest BCUT2D eigenvalue weighted by Gasteiger charge is 2.27. The van der Waals surface area contributed by atoms with Gasteiger partial charge in [-0.1, -0.05) is 18.2 Å². The topological polar surface area (TPSA) is 96.9 Å². The molecule has 2 aromatic carbocycles. The van der Waals surface area contributed by atoms with E-state index in [1.165, 1.54) is 6.42 Å². The van der Waals surface area contributed by atoms with Crippen LogP contribution in [0.5, 0.6) is 5.75 Å². The van der Waals surface area contributed by atoms with Crippen LogP contribution in [-0.2, 0) is 0 Å². The molecule has 1 saturated carbocycles. The summed E-state index contributed by atoms with van der Waals surface area (Å²) < 4.78 is 8.48. The van der Waals surface area contributed by atoms with E-state index < -0.39 is 0 Å². The van der Waals surface area contributed by atoms with Crippen molar-refractivity contribution < 1.29 is 9.53 Å². The zero-order valence-electron chi connectivity index (χ0n) is 21.6. The molecule has 0 spiro atoms. The number of urea groups is 1. The maximum atomic E-state index is 12.1. The highest BCUT2D eigenvalue weighted by molar-refractivity contribution is 6.02. The van der Waals surface area contributed by atoms with E-state index in [9.17, 15) is 4.79 Å². The molecule has 2 amide bonds. The third-order valence-electron chi connectivity index (χ3n) is 6.85. The Morgan fingerprint density at radius 2 is 1.97 bits per heavy atom. The lowest BCUT2D eigenvalue weighted by Crippen LogP contribution is -2.34. The molecule has 2 heterocycles. The first-order chi connectivity index (χ1) is 18.0. The number of allylic oxidation sites excluding steroid dienone is 1.